The van der Waals surface area contributed by atoms with Crippen LogP contribution in [0.25, 0.3) is 11.4 Å². The number of rotatable bonds is 2. The molecule has 80 valence electrons. The molecule has 0 amide bonds. The summed E-state index contributed by atoms with van der Waals surface area (Å²) in [5, 5.41) is 8.82. The van der Waals surface area contributed by atoms with Crippen LogP contribution in [0.1, 0.15) is 10.4 Å². The zero-order valence-electron chi connectivity index (χ0n) is 8.09. The Bertz CT molecular complexity index is 529. The maximum atomic E-state index is 10.8. The molecule has 0 atom stereocenters. The molecule has 0 saturated carbocycles. The number of aromatic nitrogens is 2. The summed E-state index contributed by atoms with van der Waals surface area (Å²) in [5.41, 5.74) is 0.903. The number of benzene rings is 1. The van der Waals surface area contributed by atoms with Crippen molar-refractivity contribution >= 4 is 21.9 Å². The molecule has 0 unspecified atom stereocenters. The lowest BCUT2D eigenvalue weighted by Crippen LogP contribution is -2.02. The molecule has 4 nitrogen and oxygen atoms in total. The lowest BCUT2D eigenvalue weighted by molar-refractivity contribution is 0.0695. The molecular weight excluding hydrogens is 272 g/mol. The van der Waals surface area contributed by atoms with Crippen molar-refractivity contribution in [2.45, 2.75) is 0 Å². The standard InChI is InChI=1S/C11H7BrN2O2/c12-9-8(11(15)16)6-13-10(14-9)7-4-2-1-3-5-7/h1-6H,(H,15,16). The van der Waals surface area contributed by atoms with Crippen LogP contribution >= 0.6 is 15.9 Å². The normalized spacial score (nSPS) is 10.1. The topological polar surface area (TPSA) is 63.1 Å². The zero-order chi connectivity index (χ0) is 11.5. The first-order valence-corrected chi connectivity index (χ1v) is 5.29. The molecular formula is C11H7BrN2O2. The van der Waals surface area contributed by atoms with E-state index in [9.17, 15) is 4.79 Å². The number of hydrogen-bond acceptors (Lipinski definition) is 3. The van der Waals surface area contributed by atoms with Gasteiger partial charge in [0.1, 0.15) is 10.2 Å². The predicted molar refractivity (Wildman–Crippen MR) is 62.1 cm³/mol. The van der Waals surface area contributed by atoms with Gasteiger partial charge in [-0.2, -0.15) is 0 Å². The van der Waals surface area contributed by atoms with Crippen LogP contribution in [0.5, 0.6) is 0 Å². The number of hydrogen-bond donors (Lipinski definition) is 1. The van der Waals surface area contributed by atoms with Crippen molar-refractivity contribution in [2.75, 3.05) is 0 Å². The quantitative estimate of drug-likeness (QED) is 0.858. The third-order valence-corrected chi connectivity index (χ3v) is 2.61. The Hall–Kier alpha value is -1.75. The van der Waals surface area contributed by atoms with E-state index in [4.69, 9.17) is 5.11 Å². The van der Waals surface area contributed by atoms with E-state index < -0.39 is 5.97 Å². The smallest absolute Gasteiger partial charge is 0.340 e. The van der Waals surface area contributed by atoms with Crippen LogP contribution in [0.2, 0.25) is 0 Å². The number of halogens is 1. The van der Waals surface area contributed by atoms with Crippen molar-refractivity contribution in [3.05, 3.63) is 46.7 Å². The first-order valence-electron chi connectivity index (χ1n) is 4.50. The van der Waals surface area contributed by atoms with Gasteiger partial charge < -0.3 is 5.11 Å². The first-order chi connectivity index (χ1) is 7.68. The van der Waals surface area contributed by atoms with Gasteiger partial charge in [0.05, 0.1) is 0 Å². The molecule has 16 heavy (non-hydrogen) atoms. The van der Waals surface area contributed by atoms with Crippen LogP contribution in [-0.4, -0.2) is 21.0 Å². The molecule has 0 saturated heterocycles. The SMILES string of the molecule is O=C(O)c1cnc(-c2ccccc2)nc1Br. The van der Waals surface area contributed by atoms with E-state index in [0.29, 0.717) is 5.82 Å². The van der Waals surface area contributed by atoms with Crippen LogP contribution in [0, 0.1) is 0 Å². The van der Waals surface area contributed by atoms with E-state index in [1.807, 2.05) is 30.3 Å². The number of carbonyl (C=O) groups is 1. The number of nitrogens with zero attached hydrogens (tertiary/aromatic N) is 2. The molecule has 0 aliphatic carbocycles. The summed E-state index contributed by atoms with van der Waals surface area (Å²) < 4.78 is 0.286. The second-order valence-electron chi connectivity index (χ2n) is 3.07. The summed E-state index contributed by atoms with van der Waals surface area (Å²) in [4.78, 5) is 18.9. The van der Waals surface area contributed by atoms with Gasteiger partial charge in [-0.3, -0.25) is 0 Å². The molecule has 1 heterocycles. The number of carboxylic acids is 1. The third-order valence-electron chi connectivity index (χ3n) is 2.00. The molecule has 2 aromatic rings. The van der Waals surface area contributed by atoms with Crippen LogP contribution < -0.4 is 0 Å². The monoisotopic (exact) mass is 278 g/mol. The lowest BCUT2D eigenvalue weighted by Gasteiger charge is -2.02. The molecule has 0 aliphatic rings. The largest absolute Gasteiger partial charge is 0.478 e. The van der Waals surface area contributed by atoms with Gasteiger partial charge in [-0.1, -0.05) is 30.3 Å². The van der Waals surface area contributed by atoms with Gasteiger partial charge in [0.15, 0.2) is 5.82 Å². The maximum absolute atomic E-state index is 10.8. The minimum atomic E-state index is -1.05. The van der Waals surface area contributed by atoms with Crippen LogP contribution in [0.3, 0.4) is 0 Å². The second kappa shape index (κ2) is 4.40. The van der Waals surface area contributed by atoms with E-state index in [-0.39, 0.29) is 10.2 Å². The van der Waals surface area contributed by atoms with Crippen LogP contribution in [0.4, 0.5) is 0 Å². The van der Waals surface area contributed by atoms with Crippen LogP contribution in [0.15, 0.2) is 41.1 Å². The van der Waals surface area contributed by atoms with Crippen molar-refractivity contribution in [2.24, 2.45) is 0 Å². The molecule has 5 heteroatoms. The van der Waals surface area contributed by atoms with Crippen LogP contribution in [-0.2, 0) is 0 Å². The fraction of sp³-hybridized carbons (Fsp3) is 0. The Morgan fingerprint density at radius 2 is 1.94 bits per heavy atom. The van der Waals surface area contributed by atoms with E-state index in [0.717, 1.165) is 5.56 Å². The maximum Gasteiger partial charge on any atom is 0.340 e. The van der Waals surface area contributed by atoms with E-state index in [1.54, 1.807) is 0 Å². The Morgan fingerprint density at radius 3 is 2.50 bits per heavy atom. The highest BCUT2D eigenvalue weighted by atomic mass is 79.9. The molecule has 2 rings (SSSR count). The summed E-state index contributed by atoms with van der Waals surface area (Å²) in [6, 6.07) is 9.37. The molecule has 0 spiro atoms. The summed E-state index contributed by atoms with van der Waals surface area (Å²) in [6.45, 7) is 0. The van der Waals surface area contributed by atoms with Gasteiger partial charge >= 0.3 is 5.97 Å². The first kappa shape index (κ1) is 10.8. The van der Waals surface area contributed by atoms with E-state index in [2.05, 4.69) is 25.9 Å². The highest BCUT2D eigenvalue weighted by Gasteiger charge is 2.11. The van der Waals surface area contributed by atoms with Gasteiger partial charge in [0.2, 0.25) is 0 Å². The van der Waals surface area contributed by atoms with Gasteiger partial charge in [0.25, 0.3) is 0 Å². The molecule has 0 bridgehead atoms. The van der Waals surface area contributed by atoms with Gasteiger partial charge in [0, 0.05) is 11.8 Å². The van der Waals surface area contributed by atoms with Crippen molar-refractivity contribution in [1.29, 1.82) is 0 Å². The number of carboxylic acid groups (broad SMARTS) is 1. The molecule has 0 radical (unpaired) electrons. The summed E-state index contributed by atoms with van der Waals surface area (Å²) in [7, 11) is 0. The van der Waals surface area contributed by atoms with Crippen molar-refractivity contribution < 1.29 is 9.90 Å². The van der Waals surface area contributed by atoms with E-state index >= 15 is 0 Å². The van der Waals surface area contributed by atoms with E-state index in [1.165, 1.54) is 6.20 Å². The highest BCUT2D eigenvalue weighted by Crippen LogP contribution is 2.19. The average molecular weight is 279 g/mol. The number of aromatic carboxylic acids is 1. The third kappa shape index (κ3) is 2.09. The average Bonchev–Trinajstić information content (AvgIpc) is 2.29. The van der Waals surface area contributed by atoms with Crippen molar-refractivity contribution in [3.63, 3.8) is 0 Å². The fourth-order valence-corrected chi connectivity index (χ4v) is 1.67. The summed E-state index contributed by atoms with van der Waals surface area (Å²) >= 11 is 3.11. The second-order valence-corrected chi connectivity index (χ2v) is 3.82. The Balaban J connectivity index is 2.46. The van der Waals surface area contributed by atoms with Gasteiger partial charge in [-0.25, -0.2) is 14.8 Å². The highest BCUT2D eigenvalue weighted by molar-refractivity contribution is 9.10. The minimum absolute atomic E-state index is 0.0553. The summed E-state index contributed by atoms with van der Waals surface area (Å²) in [6.07, 6.45) is 1.29. The molecule has 0 aliphatic heterocycles. The summed E-state index contributed by atoms with van der Waals surface area (Å²) in [5.74, 6) is -0.552. The molecule has 0 fully saturated rings. The molecule has 1 N–H and O–H groups in total. The predicted octanol–water partition coefficient (Wildman–Crippen LogP) is 2.60. The van der Waals surface area contributed by atoms with Crippen molar-refractivity contribution in [3.8, 4) is 11.4 Å². The van der Waals surface area contributed by atoms with Gasteiger partial charge in [-0.15, -0.1) is 0 Å². The zero-order valence-corrected chi connectivity index (χ0v) is 9.68. The molecule has 1 aromatic carbocycles. The van der Waals surface area contributed by atoms with Gasteiger partial charge in [-0.05, 0) is 15.9 Å². The Morgan fingerprint density at radius 1 is 1.25 bits per heavy atom. The lowest BCUT2D eigenvalue weighted by atomic mass is 10.2. The Labute approximate surface area is 100 Å². The minimum Gasteiger partial charge on any atom is -0.478 e. The Kier molecular flexibility index (Phi) is 2.96. The molecule has 1 aromatic heterocycles. The fourth-order valence-electron chi connectivity index (χ4n) is 1.23. The van der Waals surface area contributed by atoms with Crippen molar-refractivity contribution in [1.82, 2.24) is 9.97 Å².